The van der Waals surface area contributed by atoms with Gasteiger partial charge in [-0.1, -0.05) is 0 Å². The first kappa shape index (κ1) is 14.2. The third-order valence-corrected chi connectivity index (χ3v) is 3.41. The molecule has 0 fully saturated rings. The number of carbonyl (C=O) groups excluding carboxylic acids is 2. The summed E-state index contributed by atoms with van der Waals surface area (Å²) in [5, 5.41) is 13.1. The van der Waals surface area contributed by atoms with Crippen LogP contribution in [0.25, 0.3) is 0 Å². The summed E-state index contributed by atoms with van der Waals surface area (Å²) >= 11 is 1.65. The Balaban J connectivity index is 2.62. The van der Waals surface area contributed by atoms with Gasteiger partial charge < -0.3 is 10.6 Å². The molecule has 2 N–H and O–H groups in total. The lowest BCUT2D eigenvalue weighted by Gasteiger charge is -2.13. The van der Waals surface area contributed by atoms with Gasteiger partial charge in [-0.2, -0.15) is 5.26 Å². The van der Waals surface area contributed by atoms with Crippen LogP contribution in [-0.2, 0) is 9.59 Å². The van der Waals surface area contributed by atoms with Gasteiger partial charge in [0.2, 0.25) is 0 Å². The molecule has 0 radical (unpaired) electrons. The summed E-state index contributed by atoms with van der Waals surface area (Å²) in [7, 11) is 0. The van der Waals surface area contributed by atoms with E-state index >= 15 is 0 Å². The molecular weight excluding hydrogens is 250 g/mol. The summed E-state index contributed by atoms with van der Waals surface area (Å²) in [6, 6.07) is 3.51. The van der Waals surface area contributed by atoms with Gasteiger partial charge in [-0.3, -0.25) is 9.59 Å². The maximum absolute atomic E-state index is 11.5. The Morgan fingerprint density at radius 3 is 2.61 bits per heavy atom. The van der Waals surface area contributed by atoms with Crippen molar-refractivity contribution in [3.05, 3.63) is 21.4 Å². The van der Waals surface area contributed by atoms with Crippen molar-refractivity contribution in [1.82, 2.24) is 10.6 Å². The van der Waals surface area contributed by atoms with Crippen molar-refractivity contribution in [2.75, 3.05) is 6.54 Å². The van der Waals surface area contributed by atoms with E-state index in [9.17, 15) is 9.59 Å². The van der Waals surface area contributed by atoms with Crippen LogP contribution < -0.4 is 10.6 Å². The van der Waals surface area contributed by atoms with E-state index in [0.717, 1.165) is 15.3 Å². The molecule has 0 aliphatic rings. The molecule has 18 heavy (non-hydrogen) atoms. The molecule has 0 aliphatic heterocycles. The van der Waals surface area contributed by atoms with Crippen LogP contribution in [0.4, 0.5) is 0 Å². The van der Waals surface area contributed by atoms with Crippen LogP contribution in [0.15, 0.2) is 6.07 Å². The molecule has 0 spiro atoms. The molecule has 96 valence electrons. The highest BCUT2D eigenvalue weighted by Crippen LogP contribution is 2.25. The molecule has 1 aromatic heterocycles. The molecule has 5 nitrogen and oxygen atoms in total. The lowest BCUT2D eigenvalue weighted by Crippen LogP contribution is -2.41. The number of aryl methyl sites for hydroxylation is 2. The minimum atomic E-state index is -0.784. The maximum Gasteiger partial charge on any atom is 0.310 e. The van der Waals surface area contributed by atoms with Gasteiger partial charge in [0.1, 0.15) is 6.54 Å². The lowest BCUT2D eigenvalue weighted by atomic mass is 10.1. The molecule has 0 saturated carbocycles. The van der Waals surface area contributed by atoms with Crippen molar-refractivity contribution in [3.63, 3.8) is 0 Å². The summed E-state index contributed by atoms with van der Waals surface area (Å²) < 4.78 is 0. The molecule has 0 aromatic carbocycles. The topological polar surface area (TPSA) is 82.0 Å². The first-order chi connectivity index (χ1) is 8.45. The molecule has 1 aromatic rings. The van der Waals surface area contributed by atoms with Crippen molar-refractivity contribution in [2.24, 2.45) is 0 Å². The van der Waals surface area contributed by atoms with E-state index in [-0.39, 0.29) is 12.6 Å². The minimum absolute atomic E-state index is 0.169. The Hall–Kier alpha value is -1.87. The van der Waals surface area contributed by atoms with E-state index in [1.54, 1.807) is 17.4 Å². The minimum Gasteiger partial charge on any atom is -0.341 e. The maximum atomic E-state index is 11.5. The predicted octanol–water partition coefficient (Wildman–Crippen LogP) is 1.18. The molecule has 0 aliphatic carbocycles. The third-order valence-electron chi connectivity index (χ3n) is 2.43. The van der Waals surface area contributed by atoms with Gasteiger partial charge in [0.05, 0.1) is 12.1 Å². The van der Waals surface area contributed by atoms with E-state index in [4.69, 9.17) is 5.26 Å². The zero-order chi connectivity index (χ0) is 13.7. The number of nitrogens with zero attached hydrogens (tertiary/aromatic N) is 1. The Labute approximate surface area is 110 Å². The number of rotatable bonds is 3. The van der Waals surface area contributed by atoms with Crippen LogP contribution in [-0.4, -0.2) is 18.4 Å². The zero-order valence-corrected chi connectivity index (χ0v) is 11.4. The fraction of sp³-hybridized carbons (Fsp3) is 0.417. The first-order valence-corrected chi connectivity index (χ1v) is 6.30. The standard InChI is InChI=1S/C12H15N3O2S/c1-7-6-10(9(3)18-7)8(2)15-12(17)11(16)14-5-4-13/h6,8H,5H2,1-3H3,(H,14,16)(H,15,17). The molecule has 6 heteroatoms. The fourth-order valence-electron chi connectivity index (χ4n) is 1.62. The monoisotopic (exact) mass is 265 g/mol. The van der Waals surface area contributed by atoms with Gasteiger partial charge >= 0.3 is 11.8 Å². The summed E-state index contributed by atoms with van der Waals surface area (Å²) in [5.41, 5.74) is 1.01. The van der Waals surface area contributed by atoms with Crippen LogP contribution in [0.2, 0.25) is 0 Å². The highest BCUT2D eigenvalue weighted by Gasteiger charge is 2.18. The van der Waals surface area contributed by atoms with Gasteiger partial charge in [-0.05, 0) is 32.4 Å². The van der Waals surface area contributed by atoms with Crippen molar-refractivity contribution < 1.29 is 9.59 Å². The predicted molar refractivity (Wildman–Crippen MR) is 69.0 cm³/mol. The van der Waals surface area contributed by atoms with Crippen molar-refractivity contribution in [2.45, 2.75) is 26.8 Å². The van der Waals surface area contributed by atoms with Gasteiger partial charge in [-0.25, -0.2) is 0 Å². The number of hydrogen-bond donors (Lipinski definition) is 2. The second kappa shape index (κ2) is 6.17. The Morgan fingerprint density at radius 1 is 1.44 bits per heavy atom. The van der Waals surface area contributed by atoms with Crippen LogP contribution in [0.3, 0.4) is 0 Å². The summed E-state index contributed by atoms with van der Waals surface area (Å²) in [5.74, 6) is -1.51. The number of carbonyl (C=O) groups is 2. The number of hydrogen-bond acceptors (Lipinski definition) is 4. The molecule has 2 amide bonds. The third kappa shape index (κ3) is 3.57. The number of thiophene rings is 1. The number of nitriles is 1. The van der Waals surface area contributed by atoms with Gasteiger partial charge in [0, 0.05) is 9.75 Å². The van der Waals surface area contributed by atoms with Gasteiger partial charge in [0.15, 0.2) is 0 Å². The highest BCUT2D eigenvalue weighted by atomic mass is 32.1. The largest absolute Gasteiger partial charge is 0.341 e. The van der Waals surface area contributed by atoms with E-state index < -0.39 is 11.8 Å². The first-order valence-electron chi connectivity index (χ1n) is 5.48. The van der Waals surface area contributed by atoms with Crippen LogP contribution in [0, 0.1) is 25.2 Å². The molecule has 1 rings (SSSR count). The summed E-state index contributed by atoms with van der Waals surface area (Å²) in [6.45, 7) is 5.63. The van der Waals surface area contributed by atoms with E-state index in [0.29, 0.717) is 0 Å². The van der Waals surface area contributed by atoms with E-state index in [1.807, 2.05) is 26.8 Å². The van der Waals surface area contributed by atoms with Gasteiger partial charge in [0.25, 0.3) is 0 Å². The smallest absolute Gasteiger partial charge is 0.310 e. The molecule has 0 bridgehead atoms. The van der Waals surface area contributed by atoms with Crippen molar-refractivity contribution in [3.8, 4) is 6.07 Å². The van der Waals surface area contributed by atoms with Crippen molar-refractivity contribution >= 4 is 23.2 Å². The number of amides is 2. The molecule has 1 heterocycles. The summed E-state index contributed by atoms with van der Waals surface area (Å²) in [4.78, 5) is 25.1. The van der Waals surface area contributed by atoms with E-state index in [1.165, 1.54) is 0 Å². The number of nitrogens with one attached hydrogen (secondary N) is 2. The average molecular weight is 265 g/mol. The fourth-order valence-corrected chi connectivity index (χ4v) is 2.64. The quantitative estimate of drug-likeness (QED) is 0.636. The second-order valence-electron chi connectivity index (χ2n) is 3.90. The zero-order valence-electron chi connectivity index (χ0n) is 10.5. The molecule has 1 unspecified atom stereocenters. The lowest BCUT2D eigenvalue weighted by molar-refractivity contribution is -0.139. The highest BCUT2D eigenvalue weighted by molar-refractivity contribution is 7.12. The average Bonchev–Trinajstić information content (AvgIpc) is 2.65. The Morgan fingerprint density at radius 2 is 2.11 bits per heavy atom. The summed E-state index contributed by atoms with van der Waals surface area (Å²) in [6.07, 6.45) is 0. The Bertz CT molecular complexity index is 502. The normalized spacial score (nSPS) is 11.4. The molecule has 1 atom stereocenters. The van der Waals surface area contributed by atoms with Crippen LogP contribution >= 0.6 is 11.3 Å². The molecule has 0 saturated heterocycles. The van der Waals surface area contributed by atoms with Crippen LogP contribution in [0.1, 0.15) is 28.3 Å². The van der Waals surface area contributed by atoms with E-state index in [2.05, 4.69) is 10.6 Å². The van der Waals surface area contributed by atoms with Crippen LogP contribution in [0.5, 0.6) is 0 Å². The van der Waals surface area contributed by atoms with Gasteiger partial charge in [-0.15, -0.1) is 11.3 Å². The second-order valence-corrected chi connectivity index (χ2v) is 5.36. The Kier molecular flexibility index (Phi) is 4.86. The van der Waals surface area contributed by atoms with Crippen molar-refractivity contribution in [1.29, 1.82) is 5.26 Å². The SMILES string of the molecule is Cc1cc(C(C)NC(=O)C(=O)NCC#N)c(C)s1. The molecular formula is C12H15N3O2S.